The number of allylic oxidation sites excluding steroid dienone is 2. The fraction of sp³-hybridized carbons (Fsp3) is 0.643. The van der Waals surface area contributed by atoms with Crippen LogP contribution in [0.3, 0.4) is 0 Å². The molecule has 4 aliphatic rings. The van der Waals surface area contributed by atoms with E-state index in [0.717, 1.165) is 25.7 Å². The van der Waals surface area contributed by atoms with Crippen LogP contribution in [0, 0.1) is 0 Å². The van der Waals surface area contributed by atoms with E-state index < -0.39 is 22.9 Å². The Morgan fingerprint density at radius 3 is 2.67 bits per heavy atom. The molecule has 3 atom stereocenters. The molecular formula is C28H41N7O4. The van der Waals surface area contributed by atoms with Crippen LogP contribution in [0.4, 0.5) is 11.5 Å². The van der Waals surface area contributed by atoms with Gasteiger partial charge in [-0.2, -0.15) is 0 Å². The summed E-state index contributed by atoms with van der Waals surface area (Å²) >= 11 is 0. The number of hydrogen-bond acceptors (Lipinski definition) is 9. The number of aliphatic hydroxyl groups excluding tert-OH is 1. The van der Waals surface area contributed by atoms with Crippen LogP contribution in [-0.4, -0.2) is 83.9 Å². The first-order valence-corrected chi connectivity index (χ1v) is 14.1. The van der Waals surface area contributed by atoms with E-state index in [2.05, 4.69) is 20.5 Å². The Kier molecular flexibility index (Phi) is 7.67. The van der Waals surface area contributed by atoms with Gasteiger partial charge in [-0.1, -0.05) is 31.9 Å². The van der Waals surface area contributed by atoms with Crippen LogP contribution in [0.2, 0.25) is 0 Å². The highest BCUT2D eigenvalue weighted by Crippen LogP contribution is 2.43. The number of anilines is 2. The Labute approximate surface area is 229 Å². The molecule has 39 heavy (non-hydrogen) atoms. The number of carbonyl (C=O) groups excluding carboxylic acids is 2. The van der Waals surface area contributed by atoms with Crippen molar-refractivity contribution in [2.75, 3.05) is 43.7 Å². The monoisotopic (exact) mass is 539 g/mol. The Morgan fingerprint density at radius 2 is 2.03 bits per heavy atom. The predicted molar refractivity (Wildman–Crippen MR) is 148 cm³/mol. The number of rotatable bonds is 7. The molecular weight excluding hydrogens is 498 g/mol. The van der Waals surface area contributed by atoms with E-state index in [-0.39, 0.29) is 24.6 Å². The van der Waals surface area contributed by atoms with Gasteiger partial charge >= 0.3 is 0 Å². The maximum Gasteiger partial charge on any atom is 0.249 e. The van der Waals surface area contributed by atoms with Gasteiger partial charge in [-0.25, -0.2) is 9.97 Å². The van der Waals surface area contributed by atoms with Gasteiger partial charge in [0.05, 0.1) is 25.5 Å². The van der Waals surface area contributed by atoms with Crippen molar-refractivity contribution < 1.29 is 19.4 Å². The predicted octanol–water partition coefficient (Wildman–Crippen LogP) is 1.09. The second-order valence-corrected chi connectivity index (χ2v) is 11.2. The molecule has 212 valence electrons. The van der Waals surface area contributed by atoms with E-state index in [1.165, 1.54) is 0 Å². The molecule has 0 bridgehead atoms. The summed E-state index contributed by atoms with van der Waals surface area (Å²) in [6, 6.07) is -0.0969. The highest BCUT2D eigenvalue weighted by Gasteiger charge is 2.50. The number of methoxy groups -OCH3 is 1. The first-order chi connectivity index (χ1) is 18.8. The number of nitrogens with zero attached hydrogens (tertiary/aromatic N) is 4. The molecule has 3 heterocycles. The molecule has 2 fully saturated rings. The second kappa shape index (κ2) is 10.9. The Balaban J connectivity index is 1.57. The van der Waals surface area contributed by atoms with Gasteiger partial charge in [0, 0.05) is 13.1 Å². The fourth-order valence-electron chi connectivity index (χ4n) is 6.58. The van der Waals surface area contributed by atoms with Crippen molar-refractivity contribution in [1.29, 1.82) is 0 Å². The number of aliphatic hydroxyl groups is 1. The average Bonchev–Trinajstić information content (AvgIpc) is 3.49. The van der Waals surface area contributed by atoms with E-state index >= 15 is 0 Å². The van der Waals surface area contributed by atoms with Crippen molar-refractivity contribution in [1.82, 2.24) is 20.6 Å². The molecule has 0 aromatic carbocycles. The molecule has 2 amide bonds. The van der Waals surface area contributed by atoms with Gasteiger partial charge in [0.2, 0.25) is 11.8 Å². The lowest BCUT2D eigenvalue weighted by atomic mass is 9.77. The van der Waals surface area contributed by atoms with Crippen LogP contribution in [0.1, 0.15) is 63.6 Å². The Hall–Kier alpha value is -3.02. The molecule has 2 aliphatic carbocycles. The van der Waals surface area contributed by atoms with E-state index in [0.29, 0.717) is 55.4 Å². The third kappa shape index (κ3) is 4.70. The summed E-state index contributed by atoms with van der Waals surface area (Å²) in [5.74, 6) is 0.332. The molecule has 2 aliphatic heterocycles. The minimum absolute atomic E-state index is 0.0372. The summed E-state index contributed by atoms with van der Waals surface area (Å²) < 4.78 is 5.73. The molecule has 1 aromatic heterocycles. The number of nitrogens with two attached hydrogens (primary N) is 1. The topological polar surface area (TPSA) is 146 Å². The molecule has 5 N–H and O–H groups in total. The second-order valence-electron chi connectivity index (χ2n) is 11.2. The van der Waals surface area contributed by atoms with Crippen molar-refractivity contribution in [2.24, 2.45) is 5.73 Å². The number of ether oxygens (including phenoxy) is 1. The van der Waals surface area contributed by atoms with Crippen LogP contribution in [-0.2, 0) is 14.3 Å². The SMILES string of the molecule is CCC1C(=O)N(C)c2cnc(C3C(OC)=CC=CC3(N)C(=O)NC3(CO)CCNCC3)nc2N1C1CCCC1. The molecule has 1 aromatic rings. The average molecular weight is 540 g/mol. The highest BCUT2D eigenvalue weighted by atomic mass is 16.5. The van der Waals surface area contributed by atoms with Gasteiger partial charge in [0.1, 0.15) is 34.8 Å². The molecule has 11 heteroatoms. The van der Waals surface area contributed by atoms with Gasteiger partial charge in [-0.05, 0) is 51.3 Å². The number of nitrogens with one attached hydrogen (secondary N) is 2. The minimum Gasteiger partial charge on any atom is -0.500 e. The summed E-state index contributed by atoms with van der Waals surface area (Å²) in [6.45, 7) is 3.23. The van der Waals surface area contributed by atoms with Crippen LogP contribution < -0.4 is 26.2 Å². The zero-order chi connectivity index (χ0) is 27.8. The van der Waals surface area contributed by atoms with Crippen molar-refractivity contribution in [2.45, 2.75) is 80.9 Å². The zero-order valence-electron chi connectivity index (χ0n) is 23.2. The van der Waals surface area contributed by atoms with E-state index in [1.54, 1.807) is 43.5 Å². The number of piperidine rings is 1. The lowest BCUT2D eigenvalue weighted by Crippen LogP contribution is -2.65. The molecule has 0 spiro atoms. The number of amides is 2. The number of carbonyl (C=O) groups is 2. The van der Waals surface area contributed by atoms with Crippen molar-refractivity contribution >= 4 is 23.3 Å². The summed E-state index contributed by atoms with van der Waals surface area (Å²) in [5.41, 5.74) is 5.27. The molecule has 1 saturated heterocycles. The van der Waals surface area contributed by atoms with Gasteiger partial charge in [-0.3, -0.25) is 9.59 Å². The number of aromatic nitrogens is 2. The smallest absolute Gasteiger partial charge is 0.249 e. The summed E-state index contributed by atoms with van der Waals surface area (Å²) in [4.78, 5) is 40.8. The van der Waals surface area contributed by atoms with E-state index in [1.807, 2.05) is 6.92 Å². The molecule has 3 unspecified atom stereocenters. The number of hydrogen-bond donors (Lipinski definition) is 4. The normalized spacial score (nSPS) is 28.7. The van der Waals surface area contributed by atoms with E-state index in [9.17, 15) is 14.7 Å². The van der Waals surface area contributed by atoms with Crippen LogP contribution >= 0.6 is 0 Å². The lowest BCUT2D eigenvalue weighted by Gasteiger charge is -2.44. The summed E-state index contributed by atoms with van der Waals surface area (Å²) in [6.07, 6.45) is 12.9. The third-order valence-corrected chi connectivity index (χ3v) is 8.95. The van der Waals surface area contributed by atoms with Gasteiger partial charge < -0.3 is 36.0 Å². The maximum atomic E-state index is 13.9. The quantitative estimate of drug-likeness (QED) is 0.400. The van der Waals surface area contributed by atoms with Gasteiger partial charge in [0.25, 0.3) is 0 Å². The summed E-state index contributed by atoms with van der Waals surface area (Å²) in [7, 11) is 3.30. The Bertz CT molecular complexity index is 1160. The minimum atomic E-state index is -1.56. The molecule has 1 saturated carbocycles. The van der Waals surface area contributed by atoms with Crippen LogP contribution in [0.15, 0.2) is 30.2 Å². The first-order valence-electron chi connectivity index (χ1n) is 14.1. The molecule has 0 radical (unpaired) electrons. The van der Waals surface area contributed by atoms with Crippen LogP contribution in [0.25, 0.3) is 0 Å². The van der Waals surface area contributed by atoms with Gasteiger partial charge in [-0.15, -0.1) is 0 Å². The zero-order valence-corrected chi connectivity index (χ0v) is 23.2. The van der Waals surface area contributed by atoms with Gasteiger partial charge in [0.15, 0.2) is 5.82 Å². The fourth-order valence-corrected chi connectivity index (χ4v) is 6.58. The van der Waals surface area contributed by atoms with Crippen LogP contribution in [0.5, 0.6) is 0 Å². The van der Waals surface area contributed by atoms with E-state index in [4.69, 9.17) is 15.5 Å². The third-order valence-electron chi connectivity index (χ3n) is 8.95. The Morgan fingerprint density at radius 1 is 1.31 bits per heavy atom. The largest absolute Gasteiger partial charge is 0.500 e. The molecule has 11 nitrogen and oxygen atoms in total. The number of likely N-dealkylation sites (N-methyl/N-ethyl adjacent to an activating group) is 1. The lowest BCUT2D eigenvalue weighted by molar-refractivity contribution is -0.128. The van der Waals surface area contributed by atoms with Crippen molar-refractivity contribution in [3.8, 4) is 0 Å². The summed E-state index contributed by atoms with van der Waals surface area (Å²) in [5, 5.41) is 16.6. The first kappa shape index (κ1) is 27.5. The molecule has 5 rings (SSSR count). The number of fused-ring (bicyclic) bond motifs is 1. The van der Waals surface area contributed by atoms with Crippen molar-refractivity contribution in [3.63, 3.8) is 0 Å². The van der Waals surface area contributed by atoms with Crippen molar-refractivity contribution in [3.05, 3.63) is 36.0 Å². The standard InChI is InChI=1S/C28H41N7O4/c1-4-19-25(37)34(2)20-16-31-23(32-24(20)35(19)18-8-5-6-9-18)22-21(39-3)10-7-11-28(22,29)26(38)33-27(17-36)12-14-30-15-13-27/h7,10-11,16,18-19,22,30,36H,4-6,8-9,12-15,17,29H2,1-3H3,(H,33,38). The highest BCUT2D eigenvalue weighted by molar-refractivity contribution is 6.04. The maximum absolute atomic E-state index is 13.9.